The topological polar surface area (TPSA) is 87.7 Å². The predicted octanol–water partition coefficient (Wildman–Crippen LogP) is 3.57. The second-order valence-corrected chi connectivity index (χ2v) is 7.34. The van der Waals surface area contributed by atoms with E-state index in [1.807, 2.05) is 13.8 Å². The Hall–Kier alpha value is -3.01. The van der Waals surface area contributed by atoms with Crippen LogP contribution in [0.2, 0.25) is 0 Å². The Labute approximate surface area is 161 Å². The third-order valence-corrected chi connectivity index (χ3v) is 5.02. The molecule has 10 heteroatoms. The largest absolute Gasteiger partial charge is 0.356 e. The van der Waals surface area contributed by atoms with Crippen LogP contribution in [-0.2, 0) is 6.54 Å². The molecule has 3 rings (SSSR count). The summed E-state index contributed by atoms with van der Waals surface area (Å²) in [6.07, 6.45) is 1.15. The van der Waals surface area contributed by atoms with E-state index in [-0.39, 0.29) is 23.7 Å². The maximum atomic E-state index is 13.8. The summed E-state index contributed by atoms with van der Waals surface area (Å²) >= 11 is 1.37. The predicted molar refractivity (Wildman–Crippen MR) is 95.7 cm³/mol. The van der Waals surface area contributed by atoms with Crippen LogP contribution in [-0.4, -0.2) is 26.9 Å². The molecule has 0 saturated heterocycles. The van der Waals surface area contributed by atoms with E-state index in [1.165, 1.54) is 17.4 Å². The molecule has 1 amide bonds. The number of halogens is 3. The number of rotatable bonds is 6. The minimum absolute atomic E-state index is 0.0277. The lowest BCUT2D eigenvalue weighted by atomic mass is 10.0. The van der Waals surface area contributed by atoms with Gasteiger partial charge >= 0.3 is 0 Å². The molecule has 0 unspecified atom stereocenters. The first-order valence-electron chi connectivity index (χ1n) is 8.24. The number of hydrogen-bond donors (Lipinski definition) is 2. The zero-order chi connectivity index (χ0) is 20.4. The average Bonchev–Trinajstić information content (AvgIpc) is 3.28. The summed E-state index contributed by atoms with van der Waals surface area (Å²) in [5.41, 5.74) is -0.991. The van der Waals surface area contributed by atoms with Crippen molar-refractivity contribution in [3.05, 3.63) is 68.7 Å². The van der Waals surface area contributed by atoms with E-state index >= 15 is 0 Å². The number of nitrogens with zero attached hydrogens (tertiary/aromatic N) is 2. The fourth-order valence-electron chi connectivity index (χ4n) is 2.38. The number of hydrogen-bond acceptors (Lipinski definition) is 5. The van der Waals surface area contributed by atoms with Gasteiger partial charge in [0.05, 0.1) is 12.1 Å². The van der Waals surface area contributed by atoms with Gasteiger partial charge in [-0.3, -0.25) is 9.59 Å². The Balaban J connectivity index is 1.71. The Bertz CT molecular complexity index is 1020. The van der Waals surface area contributed by atoms with Gasteiger partial charge in [0.25, 0.3) is 5.91 Å². The van der Waals surface area contributed by atoms with Gasteiger partial charge in [0.15, 0.2) is 5.78 Å². The van der Waals surface area contributed by atoms with Crippen molar-refractivity contribution in [2.24, 2.45) is 0 Å². The van der Waals surface area contributed by atoms with Crippen molar-refractivity contribution in [2.75, 3.05) is 0 Å². The van der Waals surface area contributed by atoms with Crippen LogP contribution in [0.5, 0.6) is 0 Å². The smallest absolute Gasteiger partial charge is 0.268 e. The molecule has 2 N–H and O–H groups in total. The number of nitrogens with one attached hydrogen (secondary N) is 2. The minimum Gasteiger partial charge on any atom is -0.356 e. The fraction of sp³-hybridized carbons (Fsp3) is 0.222. The van der Waals surface area contributed by atoms with Crippen molar-refractivity contribution in [3.8, 4) is 0 Å². The second kappa shape index (κ2) is 7.93. The zero-order valence-corrected chi connectivity index (χ0v) is 15.7. The standard InChI is InChI=1S/C18H15F3N4O2S/c1-8(2)18-25-24-14(28-18)7-23-17(27)13-3-9(6-22-13)16(26)15-11(20)4-10(19)5-12(15)21/h3-6,8,22H,7H2,1-2H3,(H,23,27). The first kappa shape index (κ1) is 19.7. The molecule has 0 aliphatic rings. The maximum absolute atomic E-state index is 13.8. The van der Waals surface area contributed by atoms with E-state index < -0.39 is 34.7 Å². The summed E-state index contributed by atoms with van der Waals surface area (Å²) < 4.78 is 40.6. The third kappa shape index (κ3) is 4.11. The van der Waals surface area contributed by atoms with Crippen molar-refractivity contribution in [1.29, 1.82) is 0 Å². The molecule has 6 nitrogen and oxygen atoms in total. The van der Waals surface area contributed by atoms with E-state index in [4.69, 9.17) is 0 Å². The van der Waals surface area contributed by atoms with Crippen LogP contribution in [0.25, 0.3) is 0 Å². The summed E-state index contributed by atoms with van der Waals surface area (Å²) in [4.78, 5) is 27.1. The number of aromatic nitrogens is 3. The number of benzene rings is 1. The minimum atomic E-state index is -1.31. The molecule has 0 fully saturated rings. The Morgan fingerprint density at radius 2 is 1.82 bits per heavy atom. The van der Waals surface area contributed by atoms with Crippen LogP contribution in [0.15, 0.2) is 24.4 Å². The summed E-state index contributed by atoms with van der Waals surface area (Å²) in [6.45, 7) is 4.10. The monoisotopic (exact) mass is 408 g/mol. The highest BCUT2D eigenvalue weighted by Crippen LogP contribution is 2.20. The SMILES string of the molecule is CC(C)c1nnc(CNC(=O)c2cc(C(=O)c3c(F)cc(F)cc3F)c[nH]2)s1. The molecular formula is C18H15F3N4O2S. The first-order valence-corrected chi connectivity index (χ1v) is 9.06. The van der Waals surface area contributed by atoms with E-state index in [9.17, 15) is 22.8 Å². The molecule has 0 aliphatic carbocycles. The van der Waals surface area contributed by atoms with Gasteiger partial charge in [-0.05, 0) is 6.07 Å². The first-order chi connectivity index (χ1) is 13.3. The molecule has 0 atom stereocenters. The van der Waals surface area contributed by atoms with Crippen molar-refractivity contribution in [2.45, 2.75) is 26.3 Å². The highest BCUT2D eigenvalue weighted by molar-refractivity contribution is 7.11. The molecule has 0 bridgehead atoms. The van der Waals surface area contributed by atoms with Gasteiger partial charge in [0.1, 0.15) is 33.2 Å². The van der Waals surface area contributed by atoms with E-state index in [1.54, 1.807) is 0 Å². The summed E-state index contributed by atoms with van der Waals surface area (Å²) in [5.74, 6) is -5.06. The number of carbonyl (C=O) groups is 2. The molecule has 28 heavy (non-hydrogen) atoms. The molecule has 0 radical (unpaired) electrons. The van der Waals surface area contributed by atoms with Crippen molar-refractivity contribution in [3.63, 3.8) is 0 Å². The molecule has 0 saturated carbocycles. The van der Waals surface area contributed by atoms with Gasteiger partial charge in [-0.1, -0.05) is 25.2 Å². The fourth-order valence-corrected chi connectivity index (χ4v) is 3.17. The van der Waals surface area contributed by atoms with Crippen LogP contribution in [0.3, 0.4) is 0 Å². The van der Waals surface area contributed by atoms with Gasteiger partial charge in [-0.15, -0.1) is 10.2 Å². The number of carbonyl (C=O) groups excluding carboxylic acids is 2. The summed E-state index contributed by atoms with van der Waals surface area (Å²) in [7, 11) is 0. The summed E-state index contributed by atoms with van der Waals surface area (Å²) in [5, 5.41) is 12.1. The maximum Gasteiger partial charge on any atom is 0.268 e. The number of amides is 1. The highest BCUT2D eigenvalue weighted by Gasteiger charge is 2.22. The number of H-pyrrole nitrogens is 1. The van der Waals surface area contributed by atoms with Gasteiger partial charge in [0.2, 0.25) is 0 Å². The van der Waals surface area contributed by atoms with Gasteiger partial charge in [0, 0.05) is 29.8 Å². The second-order valence-electron chi connectivity index (χ2n) is 6.25. The molecule has 1 aromatic carbocycles. The third-order valence-electron chi connectivity index (χ3n) is 3.80. The lowest BCUT2D eigenvalue weighted by Crippen LogP contribution is -2.23. The van der Waals surface area contributed by atoms with Gasteiger partial charge in [-0.2, -0.15) is 0 Å². The van der Waals surface area contributed by atoms with Crippen molar-refractivity contribution >= 4 is 23.0 Å². The molecule has 0 spiro atoms. The number of aromatic amines is 1. The van der Waals surface area contributed by atoms with E-state index in [0.29, 0.717) is 17.1 Å². The van der Waals surface area contributed by atoms with Crippen LogP contribution in [0.4, 0.5) is 13.2 Å². The quantitative estimate of drug-likeness (QED) is 0.611. The van der Waals surface area contributed by atoms with Crippen LogP contribution in [0.1, 0.15) is 56.2 Å². The highest BCUT2D eigenvalue weighted by atomic mass is 32.1. The van der Waals surface area contributed by atoms with Gasteiger partial charge in [-0.25, -0.2) is 13.2 Å². The Morgan fingerprint density at radius 3 is 2.43 bits per heavy atom. The van der Waals surface area contributed by atoms with E-state index in [2.05, 4.69) is 20.5 Å². The van der Waals surface area contributed by atoms with Crippen LogP contribution >= 0.6 is 11.3 Å². The lowest BCUT2D eigenvalue weighted by Gasteiger charge is -2.03. The lowest BCUT2D eigenvalue weighted by molar-refractivity contribution is 0.0946. The van der Waals surface area contributed by atoms with Crippen LogP contribution in [0, 0.1) is 17.5 Å². The molecular weight excluding hydrogens is 393 g/mol. The van der Waals surface area contributed by atoms with E-state index in [0.717, 1.165) is 11.2 Å². The van der Waals surface area contributed by atoms with Crippen molar-refractivity contribution < 1.29 is 22.8 Å². The Morgan fingerprint density at radius 1 is 1.14 bits per heavy atom. The van der Waals surface area contributed by atoms with Gasteiger partial charge < -0.3 is 10.3 Å². The van der Waals surface area contributed by atoms with Crippen molar-refractivity contribution in [1.82, 2.24) is 20.5 Å². The summed E-state index contributed by atoms with van der Waals surface area (Å²) in [6, 6.07) is 2.01. The molecule has 0 aliphatic heterocycles. The normalized spacial score (nSPS) is 11.1. The average molecular weight is 408 g/mol. The molecule has 2 heterocycles. The van der Waals surface area contributed by atoms with Crippen LogP contribution < -0.4 is 5.32 Å². The number of ketones is 1. The Kier molecular flexibility index (Phi) is 5.59. The molecule has 2 aromatic heterocycles. The zero-order valence-electron chi connectivity index (χ0n) is 14.8. The molecule has 3 aromatic rings. The molecule has 146 valence electrons.